The number of amides is 3. The number of thioether (sulfide) groups is 1. The summed E-state index contributed by atoms with van der Waals surface area (Å²) >= 11 is 1.61. The highest BCUT2D eigenvalue weighted by Gasteiger charge is 2.37. The van der Waals surface area contributed by atoms with Crippen LogP contribution in [0.25, 0.3) is 0 Å². The minimum Gasteiger partial charge on any atom is -0.340 e. The first kappa shape index (κ1) is 23.6. The van der Waals surface area contributed by atoms with E-state index in [0.717, 1.165) is 5.75 Å². The number of carbonyl (C=O) groups excluding carboxylic acids is 3. The van der Waals surface area contributed by atoms with Gasteiger partial charge < -0.3 is 15.1 Å². The van der Waals surface area contributed by atoms with Crippen molar-refractivity contribution in [2.24, 2.45) is 5.92 Å². The number of carbonyl (C=O) groups is 3. The number of hydrogen-bond donors (Lipinski definition) is 1. The molecule has 1 aromatic carbocycles. The maximum absolute atomic E-state index is 13.1. The molecule has 170 valence electrons. The Labute approximate surface area is 187 Å². The molecule has 10 heteroatoms. The fourth-order valence-corrected chi connectivity index (χ4v) is 6.14. The molecule has 0 aromatic heterocycles. The number of benzene rings is 1. The number of sulfone groups is 1. The predicted molar refractivity (Wildman–Crippen MR) is 121 cm³/mol. The normalized spacial score (nSPS) is 21.5. The van der Waals surface area contributed by atoms with Crippen LogP contribution in [0.2, 0.25) is 0 Å². The van der Waals surface area contributed by atoms with E-state index in [1.807, 2.05) is 12.3 Å². The summed E-state index contributed by atoms with van der Waals surface area (Å²) in [6.45, 7) is 1.51. The molecule has 2 atom stereocenters. The van der Waals surface area contributed by atoms with Crippen molar-refractivity contribution in [2.45, 2.75) is 18.9 Å². The van der Waals surface area contributed by atoms with Crippen LogP contribution >= 0.6 is 11.8 Å². The molecule has 0 bridgehead atoms. The molecule has 0 spiro atoms. The summed E-state index contributed by atoms with van der Waals surface area (Å²) in [5, 5.41) is 2.86. The van der Waals surface area contributed by atoms with Crippen LogP contribution in [0.3, 0.4) is 0 Å². The zero-order valence-electron chi connectivity index (χ0n) is 17.7. The maximum Gasteiger partial charge on any atom is 0.251 e. The summed E-state index contributed by atoms with van der Waals surface area (Å²) in [6, 6.07) is 8.17. The molecule has 2 aliphatic heterocycles. The van der Waals surface area contributed by atoms with Crippen molar-refractivity contribution in [2.75, 3.05) is 49.7 Å². The lowest BCUT2D eigenvalue weighted by Crippen LogP contribution is -2.56. The van der Waals surface area contributed by atoms with Crippen molar-refractivity contribution in [3.8, 4) is 0 Å². The Kier molecular flexibility index (Phi) is 7.99. The Morgan fingerprint density at radius 1 is 1.10 bits per heavy atom. The monoisotopic (exact) mass is 467 g/mol. The number of hydrogen-bond acceptors (Lipinski definition) is 6. The van der Waals surface area contributed by atoms with Gasteiger partial charge in [-0.3, -0.25) is 14.4 Å². The minimum atomic E-state index is -3.11. The van der Waals surface area contributed by atoms with E-state index in [4.69, 9.17) is 0 Å². The third-order valence-electron chi connectivity index (χ3n) is 5.73. The summed E-state index contributed by atoms with van der Waals surface area (Å²) < 4.78 is 23.3. The summed E-state index contributed by atoms with van der Waals surface area (Å²) in [7, 11) is -3.11. The number of nitrogens with zero attached hydrogens (tertiary/aromatic N) is 2. The fourth-order valence-electron chi connectivity index (χ4n) is 3.94. The topological polar surface area (TPSA) is 104 Å². The van der Waals surface area contributed by atoms with E-state index in [9.17, 15) is 22.8 Å². The van der Waals surface area contributed by atoms with Crippen molar-refractivity contribution >= 4 is 39.3 Å². The Morgan fingerprint density at radius 3 is 2.32 bits per heavy atom. The molecule has 0 aliphatic carbocycles. The Morgan fingerprint density at radius 2 is 1.74 bits per heavy atom. The van der Waals surface area contributed by atoms with Crippen LogP contribution < -0.4 is 5.32 Å². The molecular weight excluding hydrogens is 438 g/mol. The van der Waals surface area contributed by atoms with E-state index in [-0.39, 0.29) is 29.2 Å². The Hall–Kier alpha value is -2.07. The average Bonchev–Trinajstić information content (AvgIpc) is 3.15. The van der Waals surface area contributed by atoms with Crippen LogP contribution in [0.1, 0.15) is 23.2 Å². The lowest BCUT2D eigenvalue weighted by atomic mass is 10.1. The van der Waals surface area contributed by atoms with Gasteiger partial charge in [0.25, 0.3) is 5.91 Å². The first-order chi connectivity index (χ1) is 14.8. The van der Waals surface area contributed by atoms with E-state index < -0.39 is 21.8 Å². The molecule has 1 aromatic rings. The van der Waals surface area contributed by atoms with Crippen molar-refractivity contribution in [3.63, 3.8) is 0 Å². The van der Waals surface area contributed by atoms with E-state index in [1.165, 1.54) is 0 Å². The third kappa shape index (κ3) is 6.22. The van der Waals surface area contributed by atoms with Crippen LogP contribution in [0, 0.1) is 5.92 Å². The summed E-state index contributed by atoms with van der Waals surface area (Å²) in [5.41, 5.74) is 0.506. The van der Waals surface area contributed by atoms with Gasteiger partial charge in [-0.2, -0.15) is 11.8 Å². The molecule has 8 nitrogen and oxygen atoms in total. The third-order valence-corrected chi connectivity index (χ3v) is 8.15. The van der Waals surface area contributed by atoms with Crippen LogP contribution in [-0.4, -0.2) is 91.7 Å². The molecule has 2 fully saturated rings. The molecule has 2 saturated heterocycles. The van der Waals surface area contributed by atoms with Crippen molar-refractivity contribution < 1.29 is 22.8 Å². The van der Waals surface area contributed by atoms with Crippen LogP contribution in [0.15, 0.2) is 30.3 Å². The highest BCUT2D eigenvalue weighted by Crippen LogP contribution is 2.21. The smallest absolute Gasteiger partial charge is 0.251 e. The largest absolute Gasteiger partial charge is 0.340 e. The van der Waals surface area contributed by atoms with Gasteiger partial charge in [-0.25, -0.2) is 8.42 Å². The predicted octanol–water partition coefficient (Wildman–Crippen LogP) is 0.644. The van der Waals surface area contributed by atoms with Gasteiger partial charge in [-0.1, -0.05) is 18.2 Å². The van der Waals surface area contributed by atoms with E-state index >= 15 is 0 Å². The summed E-state index contributed by atoms with van der Waals surface area (Å²) in [4.78, 5) is 41.7. The zero-order valence-corrected chi connectivity index (χ0v) is 19.3. The second-order valence-corrected chi connectivity index (χ2v) is 11.1. The zero-order chi connectivity index (χ0) is 22.4. The molecule has 1 N–H and O–H groups in total. The Bertz CT molecular complexity index is 899. The van der Waals surface area contributed by atoms with Gasteiger partial charge in [0.1, 0.15) is 6.04 Å². The average molecular weight is 468 g/mol. The highest BCUT2D eigenvalue weighted by molar-refractivity contribution is 7.98. The van der Waals surface area contributed by atoms with Crippen LogP contribution in [-0.2, 0) is 19.4 Å². The first-order valence-electron chi connectivity index (χ1n) is 10.4. The molecule has 2 heterocycles. The number of nitrogens with one attached hydrogen (secondary N) is 1. The number of piperazine rings is 1. The molecular formula is C21H29N3O5S2. The molecule has 3 amide bonds. The molecule has 3 rings (SSSR count). The van der Waals surface area contributed by atoms with Crippen molar-refractivity contribution in [1.82, 2.24) is 15.1 Å². The molecule has 2 aliphatic rings. The Balaban J connectivity index is 1.57. The van der Waals surface area contributed by atoms with Gasteiger partial charge in [0.05, 0.1) is 17.4 Å². The van der Waals surface area contributed by atoms with Gasteiger partial charge in [-0.05, 0) is 37.0 Å². The van der Waals surface area contributed by atoms with Gasteiger partial charge in [0.15, 0.2) is 9.84 Å². The fraction of sp³-hybridized carbons (Fsp3) is 0.571. The second kappa shape index (κ2) is 10.5. The molecule has 0 radical (unpaired) electrons. The molecule has 31 heavy (non-hydrogen) atoms. The second-order valence-electron chi connectivity index (χ2n) is 7.92. The lowest BCUT2D eigenvalue weighted by Gasteiger charge is -2.37. The summed E-state index contributed by atoms with van der Waals surface area (Å²) in [6.07, 6.45) is 2.86. The van der Waals surface area contributed by atoms with Crippen LogP contribution in [0.4, 0.5) is 0 Å². The van der Waals surface area contributed by atoms with Crippen molar-refractivity contribution in [1.29, 1.82) is 0 Å². The molecule has 0 saturated carbocycles. The van der Waals surface area contributed by atoms with Gasteiger partial charge in [0.2, 0.25) is 11.8 Å². The quantitative estimate of drug-likeness (QED) is 0.631. The highest BCUT2D eigenvalue weighted by atomic mass is 32.2. The van der Waals surface area contributed by atoms with E-state index in [0.29, 0.717) is 44.6 Å². The lowest BCUT2D eigenvalue weighted by molar-refractivity contribution is -0.142. The van der Waals surface area contributed by atoms with Crippen molar-refractivity contribution in [3.05, 3.63) is 35.9 Å². The minimum absolute atomic E-state index is 0.0695. The first-order valence-corrected chi connectivity index (χ1v) is 13.6. The summed E-state index contributed by atoms with van der Waals surface area (Å²) in [5.74, 6) is -0.297. The van der Waals surface area contributed by atoms with Gasteiger partial charge in [-0.15, -0.1) is 0 Å². The number of rotatable bonds is 7. The molecule has 0 unspecified atom stereocenters. The van der Waals surface area contributed by atoms with Gasteiger partial charge in [0, 0.05) is 31.7 Å². The van der Waals surface area contributed by atoms with E-state index in [2.05, 4.69) is 5.32 Å². The van der Waals surface area contributed by atoms with E-state index in [1.54, 1.807) is 45.8 Å². The SMILES string of the molecule is CSCC[C@@H](NC(=O)c1ccccc1)C(=O)N1CCN(C(=O)[C@@H]2CCS(=O)(=O)C2)CC1. The van der Waals surface area contributed by atoms with Crippen LogP contribution in [0.5, 0.6) is 0 Å². The van der Waals surface area contributed by atoms with Gasteiger partial charge >= 0.3 is 0 Å². The maximum atomic E-state index is 13.1. The standard InChI is InChI=1S/C21H29N3O5S2/c1-30-13-7-18(22-19(25)16-5-3-2-4-6-16)21(27)24-11-9-23(10-12-24)20(26)17-8-14-31(28,29)15-17/h2-6,17-18H,7-15H2,1H3,(H,22,25)/t17-,18-/m1/s1.